The third-order valence-corrected chi connectivity index (χ3v) is 4.91. The molecule has 0 bridgehead atoms. The van der Waals surface area contributed by atoms with Crippen molar-refractivity contribution in [2.45, 2.75) is 13.8 Å². The second-order valence-corrected chi connectivity index (χ2v) is 7.00. The predicted molar refractivity (Wildman–Crippen MR) is 126 cm³/mol. The smallest absolute Gasteiger partial charge is 0.271 e. The molecule has 0 unspecified atom stereocenters. The largest absolute Gasteiger partial charge is 0.372 e. The zero-order chi connectivity index (χ0) is 22.9. The molecule has 3 aromatic rings. The Morgan fingerprint density at radius 1 is 0.844 bits per heavy atom. The molecule has 0 fully saturated rings. The van der Waals surface area contributed by atoms with Gasteiger partial charge in [-0.05, 0) is 80.1 Å². The number of benzene rings is 3. The van der Waals surface area contributed by atoms with E-state index in [1.807, 2.05) is 24.3 Å². The van der Waals surface area contributed by atoms with Crippen LogP contribution in [0.25, 0.3) is 0 Å². The molecule has 0 atom stereocenters. The van der Waals surface area contributed by atoms with E-state index in [0.29, 0.717) is 16.8 Å². The van der Waals surface area contributed by atoms with Crippen molar-refractivity contribution in [3.05, 3.63) is 95.3 Å². The molecule has 0 heterocycles. The van der Waals surface area contributed by atoms with Crippen molar-refractivity contribution in [1.29, 1.82) is 0 Å². The van der Waals surface area contributed by atoms with Crippen LogP contribution in [0.15, 0.2) is 77.9 Å². The van der Waals surface area contributed by atoms with Crippen LogP contribution >= 0.6 is 0 Å². The number of anilines is 2. The van der Waals surface area contributed by atoms with Gasteiger partial charge in [0, 0.05) is 35.6 Å². The Morgan fingerprint density at radius 3 is 2.00 bits per heavy atom. The Bertz CT molecular complexity index is 1070. The molecular weight excluding hydrogens is 407 g/mol. The van der Waals surface area contributed by atoms with E-state index in [4.69, 9.17) is 0 Å². The van der Waals surface area contributed by atoms with Crippen LogP contribution in [0.1, 0.15) is 40.1 Å². The van der Waals surface area contributed by atoms with Crippen LogP contribution < -0.4 is 15.6 Å². The maximum absolute atomic E-state index is 13.0. The van der Waals surface area contributed by atoms with Gasteiger partial charge in [-0.2, -0.15) is 5.10 Å². The fourth-order valence-electron chi connectivity index (χ4n) is 3.10. The number of hydrogen-bond donors (Lipinski definition) is 2. The molecule has 0 radical (unpaired) electrons. The highest BCUT2D eigenvalue weighted by Crippen LogP contribution is 2.14. The molecule has 3 aromatic carbocycles. The first-order valence-corrected chi connectivity index (χ1v) is 10.4. The fraction of sp³-hybridized carbons (Fsp3) is 0.160. The summed E-state index contributed by atoms with van der Waals surface area (Å²) in [5, 5.41) is 6.71. The lowest BCUT2D eigenvalue weighted by molar-refractivity contribution is 0.0954. The Labute approximate surface area is 186 Å². The van der Waals surface area contributed by atoms with E-state index in [2.05, 4.69) is 34.6 Å². The van der Waals surface area contributed by atoms with Crippen LogP contribution in [0, 0.1) is 5.82 Å². The van der Waals surface area contributed by atoms with Crippen molar-refractivity contribution in [1.82, 2.24) is 5.43 Å². The molecule has 32 heavy (non-hydrogen) atoms. The number of carbonyl (C=O) groups excluding carboxylic acids is 2. The van der Waals surface area contributed by atoms with E-state index in [1.54, 1.807) is 30.5 Å². The van der Waals surface area contributed by atoms with Gasteiger partial charge in [-0.25, -0.2) is 9.82 Å². The molecule has 7 heteroatoms. The van der Waals surface area contributed by atoms with Gasteiger partial charge >= 0.3 is 0 Å². The highest BCUT2D eigenvalue weighted by molar-refractivity contribution is 6.04. The number of nitrogens with one attached hydrogen (secondary N) is 2. The Hall–Kier alpha value is -4.00. The van der Waals surface area contributed by atoms with E-state index in [1.165, 1.54) is 24.3 Å². The molecule has 0 aliphatic carbocycles. The maximum atomic E-state index is 13.0. The quantitative estimate of drug-likeness (QED) is 0.401. The second-order valence-electron chi connectivity index (χ2n) is 7.00. The van der Waals surface area contributed by atoms with Gasteiger partial charge in [0.2, 0.25) is 0 Å². The van der Waals surface area contributed by atoms with E-state index < -0.39 is 5.82 Å². The van der Waals surface area contributed by atoms with Crippen molar-refractivity contribution >= 4 is 29.4 Å². The van der Waals surface area contributed by atoms with Gasteiger partial charge in [0.05, 0.1) is 6.21 Å². The van der Waals surface area contributed by atoms with Crippen LogP contribution in [0.3, 0.4) is 0 Å². The number of amides is 2. The van der Waals surface area contributed by atoms with Crippen LogP contribution in [0.4, 0.5) is 15.8 Å². The lowest BCUT2D eigenvalue weighted by atomic mass is 10.1. The monoisotopic (exact) mass is 432 g/mol. The summed E-state index contributed by atoms with van der Waals surface area (Å²) in [7, 11) is 0. The summed E-state index contributed by atoms with van der Waals surface area (Å²) >= 11 is 0. The summed E-state index contributed by atoms with van der Waals surface area (Å²) in [6, 6.07) is 19.6. The van der Waals surface area contributed by atoms with Gasteiger partial charge in [-0.15, -0.1) is 0 Å². The summed E-state index contributed by atoms with van der Waals surface area (Å²) in [6.45, 7) is 6.10. The highest BCUT2D eigenvalue weighted by atomic mass is 19.1. The van der Waals surface area contributed by atoms with Crippen molar-refractivity contribution in [3.63, 3.8) is 0 Å². The molecule has 3 rings (SSSR count). The number of halogens is 1. The first-order chi connectivity index (χ1) is 15.5. The summed E-state index contributed by atoms with van der Waals surface area (Å²) in [5.74, 6) is -1.13. The topological polar surface area (TPSA) is 73.8 Å². The number of carbonyl (C=O) groups is 2. The molecule has 0 saturated heterocycles. The lowest BCUT2D eigenvalue weighted by Gasteiger charge is -2.20. The predicted octanol–water partition coefficient (Wildman–Crippen LogP) is 4.69. The third-order valence-electron chi connectivity index (χ3n) is 4.91. The molecule has 0 aromatic heterocycles. The minimum atomic E-state index is -0.406. The van der Waals surface area contributed by atoms with Gasteiger partial charge < -0.3 is 10.2 Å². The van der Waals surface area contributed by atoms with Crippen LogP contribution in [0.2, 0.25) is 0 Å². The molecule has 6 nitrogen and oxygen atoms in total. The van der Waals surface area contributed by atoms with Crippen molar-refractivity contribution in [2.24, 2.45) is 5.10 Å². The molecular formula is C25H25FN4O2. The Morgan fingerprint density at radius 2 is 1.41 bits per heavy atom. The van der Waals surface area contributed by atoms with Gasteiger partial charge in [-0.3, -0.25) is 9.59 Å². The van der Waals surface area contributed by atoms with E-state index in [-0.39, 0.29) is 11.8 Å². The van der Waals surface area contributed by atoms with Crippen molar-refractivity contribution in [3.8, 4) is 0 Å². The normalized spacial score (nSPS) is 10.7. The lowest BCUT2D eigenvalue weighted by Crippen LogP contribution is -2.21. The zero-order valence-electron chi connectivity index (χ0n) is 18.0. The maximum Gasteiger partial charge on any atom is 0.271 e. The van der Waals surface area contributed by atoms with Crippen molar-refractivity contribution in [2.75, 3.05) is 23.3 Å². The second kappa shape index (κ2) is 10.9. The van der Waals surface area contributed by atoms with E-state index in [9.17, 15) is 14.0 Å². The Balaban J connectivity index is 1.54. The van der Waals surface area contributed by atoms with E-state index >= 15 is 0 Å². The first kappa shape index (κ1) is 22.7. The van der Waals surface area contributed by atoms with Gasteiger partial charge in [0.15, 0.2) is 0 Å². The number of nitrogens with zero attached hydrogens (tertiary/aromatic N) is 2. The van der Waals surface area contributed by atoms with Crippen LogP contribution in [-0.2, 0) is 0 Å². The molecule has 164 valence electrons. The van der Waals surface area contributed by atoms with Crippen molar-refractivity contribution < 1.29 is 14.0 Å². The molecule has 0 aliphatic rings. The molecule has 2 amide bonds. The van der Waals surface area contributed by atoms with Gasteiger partial charge in [-0.1, -0.05) is 12.1 Å². The minimum absolute atomic E-state index is 0.340. The number of hydrazone groups is 1. The Kier molecular flexibility index (Phi) is 7.70. The molecule has 2 N–H and O–H groups in total. The third kappa shape index (κ3) is 6.01. The summed E-state index contributed by atoms with van der Waals surface area (Å²) in [5.41, 5.74) is 5.78. The standard InChI is InChI=1S/C25H25FN4O2/c1-3-30(4-2)23-15-5-18(6-16-23)17-27-29-25(32)20-9-13-22(14-10-20)28-24(31)19-7-11-21(26)12-8-19/h5-17H,3-4H2,1-2H3,(H,28,31)(H,29,32). The van der Waals surface area contributed by atoms with Gasteiger partial charge in [0.1, 0.15) is 5.82 Å². The fourth-order valence-corrected chi connectivity index (χ4v) is 3.10. The zero-order valence-corrected chi connectivity index (χ0v) is 18.0. The number of hydrogen-bond acceptors (Lipinski definition) is 4. The SMILES string of the molecule is CCN(CC)c1ccc(C=NNC(=O)c2ccc(NC(=O)c3ccc(F)cc3)cc2)cc1. The van der Waals surface area contributed by atoms with E-state index in [0.717, 1.165) is 24.3 Å². The summed E-state index contributed by atoms with van der Waals surface area (Å²) in [4.78, 5) is 26.7. The molecule has 0 saturated carbocycles. The van der Waals surface area contributed by atoms with Crippen LogP contribution in [-0.4, -0.2) is 31.1 Å². The first-order valence-electron chi connectivity index (χ1n) is 10.4. The molecule has 0 spiro atoms. The highest BCUT2D eigenvalue weighted by Gasteiger charge is 2.08. The summed E-state index contributed by atoms with van der Waals surface area (Å²) in [6.07, 6.45) is 1.58. The van der Waals surface area contributed by atoms with Crippen LogP contribution in [0.5, 0.6) is 0 Å². The average molecular weight is 432 g/mol. The number of rotatable bonds is 8. The summed E-state index contributed by atoms with van der Waals surface area (Å²) < 4.78 is 13.0. The minimum Gasteiger partial charge on any atom is -0.372 e. The molecule has 0 aliphatic heterocycles. The van der Waals surface area contributed by atoms with Gasteiger partial charge in [0.25, 0.3) is 11.8 Å². The average Bonchev–Trinajstić information content (AvgIpc) is 2.81.